The molecule has 1 fully saturated rings. The number of nitrogens with zero attached hydrogens (tertiary/aromatic N) is 1. The number of aromatic hydroxyl groups is 1. The number of carbonyl (C=O) groups is 1. The molecule has 0 radical (unpaired) electrons. The predicted octanol–water partition coefficient (Wildman–Crippen LogP) is 3.31. The van der Waals surface area contributed by atoms with Crippen molar-refractivity contribution in [1.29, 1.82) is 0 Å². The Morgan fingerprint density at radius 1 is 1.25 bits per heavy atom. The molecule has 1 amide bonds. The van der Waals surface area contributed by atoms with Crippen molar-refractivity contribution in [1.82, 2.24) is 4.90 Å². The molecule has 0 spiro atoms. The SMILES string of the molecule is C#C.CN1Cc2ccc(O)c(F)c2C1=O.C[C@H](O)C1CCCCC1. The van der Waals surface area contributed by atoms with Crippen LogP contribution < -0.4 is 0 Å². The van der Waals surface area contributed by atoms with Crippen LogP contribution >= 0.6 is 0 Å². The summed E-state index contributed by atoms with van der Waals surface area (Å²) in [6.07, 6.45) is 14.5. The number of phenols is 1. The summed E-state index contributed by atoms with van der Waals surface area (Å²) >= 11 is 0. The van der Waals surface area contributed by atoms with Crippen LogP contribution in [0, 0.1) is 24.6 Å². The molecule has 1 aromatic rings. The monoisotopic (exact) mass is 335 g/mol. The van der Waals surface area contributed by atoms with Gasteiger partial charge in [0.2, 0.25) is 0 Å². The summed E-state index contributed by atoms with van der Waals surface area (Å²) in [5.74, 6) is -1.04. The minimum atomic E-state index is -0.813. The highest BCUT2D eigenvalue weighted by Gasteiger charge is 2.29. The van der Waals surface area contributed by atoms with E-state index >= 15 is 0 Å². The molecule has 132 valence electrons. The zero-order valence-corrected chi connectivity index (χ0v) is 14.3. The minimum absolute atomic E-state index is 0.00231. The van der Waals surface area contributed by atoms with Gasteiger partial charge in [-0.1, -0.05) is 25.3 Å². The molecule has 3 rings (SSSR count). The maximum atomic E-state index is 13.2. The first kappa shape index (κ1) is 20.0. The number of hydrogen-bond donors (Lipinski definition) is 2. The third-order valence-electron chi connectivity index (χ3n) is 4.51. The number of halogens is 1. The van der Waals surface area contributed by atoms with E-state index in [1.54, 1.807) is 13.1 Å². The molecule has 1 saturated carbocycles. The smallest absolute Gasteiger partial charge is 0.257 e. The molecular weight excluding hydrogens is 309 g/mol. The Balaban J connectivity index is 0.000000230. The zero-order valence-electron chi connectivity index (χ0n) is 14.3. The van der Waals surface area contributed by atoms with Crippen molar-refractivity contribution in [3.8, 4) is 18.6 Å². The van der Waals surface area contributed by atoms with E-state index in [4.69, 9.17) is 5.11 Å². The number of aliphatic hydroxyl groups is 1. The van der Waals surface area contributed by atoms with E-state index in [2.05, 4.69) is 12.8 Å². The number of fused-ring (bicyclic) bond motifs is 1. The Kier molecular flexibility index (Phi) is 7.73. The average molecular weight is 335 g/mol. The molecule has 0 unspecified atom stereocenters. The highest BCUT2D eigenvalue weighted by molar-refractivity contribution is 5.98. The highest BCUT2D eigenvalue weighted by Crippen LogP contribution is 2.29. The van der Waals surface area contributed by atoms with Crippen molar-refractivity contribution in [2.45, 2.75) is 51.7 Å². The van der Waals surface area contributed by atoms with Crippen LogP contribution in [0.25, 0.3) is 0 Å². The summed E-state index contributed by atoms with van der Waals surface area (Å²) < 4.78 is 13.2. The Hall–Kier alpha value is -2.06. The summed E-state index contributed by atoms with van der Waals surface area (Å²) in [5, 5.41) is 18.2. The Morgan fingerprint density at radius 2 is 1.83 bits per heavy atom. The molecule has 24 heavy (non-hydrogen) atoms. The molecule has 1 heterocycles. The quantitative estimate of drug-likeness (QED) is 0.774. The molecule has 2 aliphatic rings. The first-order valence-corrected chi connectivity index (χ1v) is 8.19. The fourth-order valence-corrected chi connectivity index (χ4v) is 3.10. The van der Waals surface area contributed by atoms with Crippen LogP contribution in [0.2, 0.25) is 0 Å². The Bertz CT molecular complexity index is 577. The largest absolute Gasteiger partial charge is 0.505 e. The van der Waals surface area contributed by atoms with Gasteiger partial charge in [0.05, 0.1) is 11.7 Å². The van der Waals surface area contributed by atoms with E-state index < -0.39 is 11.6 Å². The van der Waals surface area contributed by atoms with Crippen molar-refractivity contribution in [3.05, 3.63) is 29.1 Å². The summed E-state index contributed by atoms with van der Waals surface area (Å²) in [6.45, 7) is 2.32. The number of carbonyl (C=O) groups excluding carboxylic acids is 1. The van der Waals surface area contributed by atoms with Gasteiger partial charge in [0.15, 0.2) is 11.6 Å². The van der Waals surface area contributed by atoms with Crippen molar-refractivity contribution >= 4 is 5.91 Å². The van der Waals surface area contributed by atoms with Gasteiger partial charge < -0.3 is 15.1 Å². The van der Waals surface area contributed by atoms with E-state index in [1.165, 1.54) is 43.1 Å². The van der Waals surface area contributed by atoms with E-state index in [1.807, 2.05) is 6.92 Å². The maximum Gasteiger partial charge on any atom is 0.257 e. The predicted molar refractivity (Wildman–Crippen MR) is 92.0 cm³/mol. The molecule has 5 heteroatoms. The normalized spacial score (nSPS) is 17.9. The van der Waals surface area contributed by atoms with Gasteiger partial charge in [-0.25, -0.2) is 4.39 Å². The first-order valence-electron chi connectivity index (χ1n) is 8.19. The van der Waals surface area contributed by atoms with Crippen molar-refractivity contribution in [3.63, 3.8) is 0 Å². The van der Waals surface area contributed by atoms with Crippen LogP contribution in [-0.2, 0) is 6.54 Å². The third-order valence-corrected chi connectivity index (χ3v) is 4.51. The Morgan fingerprint density at radius 3 is 2.33 bits per heavy atom. The third kappa shape index (κ3) is 4.72. The fraction of sp³-hybridized carbons (Fsp3) is 0.526. The van der Waals surface area contributed by atoms with Crippen molar-refractivity contribution in [2.75, 3.05) is 7.05 Å². The second-order valence-electron chi connectivity index (χ2n) is 6.23. The fourth-order valence-electron chi connectivity index (χ4n) is 3.10. The highest BCUT2D eigenvalue weighted by atomic mass is 19.1. The van der Waals surface area contributed by atoms with E-state index in [0.717, 1.165) is 0 Å². The van der Waals surface area contributed by atoms with E-state index in [0.29, 0.717) is 18.0 Å². The number of amides is 1. The molecule has 1 aliphatic heterocycles. The number of aliphatic hydroxyl groups excluding tert-OH is 1. The van der Waals surface area contributed by atoms with Gasteiger partial charge in [0.25, 0.3) is 5.91 Å². The van der Waals surface area contributed by atoms with Gasteiger partial charge in [-0.05, 0) is 37.3 Å². The van der Waals surface area contributed by atoms with E-state index in [-0.39, 0.29) is 17.6 Å². The topological polar surface area (TPSA) is 60.8 Å². The van der Waals surface area contributed by atoms with Crippen molar-refractivity contribution in [2.24, 2.45) is 5.92 Å². The van der Waals surface area contributed by atoms with Crippen molar-refractivity contribution < 1.29 is 19.4 Å². The zero-order chi connectivity index (χ0) is 18.3. The molecule has 0 bridgehead atoms. The van der Waals surface area contributed by atoms with Gasteiger partial charge in [0, 0.05) is 13.6 Å². The van der Waals surface area contributed by atoms with Crippen LogP contribution in [0.3, 0.4) is 0 Å². The van der Waals surface area contributed by atoms with Gasteiger partial charge in [0.1, 0.15) is 0 Å². The summed E-state index contributed by atoms with van der Waals surface area (Å²) in [6, 6.07) is 2.83. The molecule has 1 aromatic carbocycles. The summed E-state index contributed by atoms with van der Waals surface area (Å²) in [5.41, 5.74) is 0.630. The Labute approximate surface area is 143 Å². The number of phenolic OH excluding ortho intramolecular Hbond substituents is 1. The van der Waals surface area contributed by atoms with Crippen LogP contribution in [-0.4, -0.2) is 34.2 Å². The molecule has 4 nitrogen and oxygen atoms in total. The lowest BCUT2D eigenvalue weighted by molar-refractivity contribution is 0.0812. The average Bonchev–Trinajstić information content (AvgIpc) is 2.89. The van der Waals surface area contributed by atoms with Gasteiger partial charge in [-0.15, -0.1) is 12.8 Å². The summed E-state index contributed by atoms with van der Waals surface area (Å²) in [7, 11) is 1.60. The number of benzene rings is 1. The van der Waals surface area contributed by atoms with E-state index in [9.17, 15) is 14.3 Å². The number of rotatable bonds is 1. The van der Waals surface area contributed by atoms with Crippen LogP contribution in [0.1, 0.15) is 54.9 Å². The first-order chi connectivity index (χ1) is 11.4. The lowest BCUT2D eigenvalue weighted by Gasteiger charge is -2.23. The molecular formula is C19H26FNO3. The number of terminal acetylenes is 1. The minimum Gasteiger partial charge on any atom is -0.505 e. The standard InChI is InChI=1S/C9H8FNO2.C8H16O.C2H2/c1-11-4-5-2-3-6(12)8(10)7(5)9(11)13;1-7(9)8-5-3-2-4-6-8;1-2/h2-3,12H,4H2,1H3;7-9H,2-6H2,1H3;1-2H/t;7-;/m.0./s1. The van der Waals surface area contributed by atoms with Crippen LogP contribution in [0.15, 0.2) is 12.1 Å². The van der Waals surface area contributed by atoms with Gasteiger partial charge in [-0.2, -0.15) is 0 Å². The van der Waals surface area contributed by atoms with Gasteiger partial charge >= 0.3 is 0 Å². The van der Waals surface area contributed by atoms with Crippen LogP contribution in [0.5, 0.6) is 5.75 Å². The second-order valence-corrected chi connectivity index (χ2v) is 6.23. The molecule has 0 saturated heterocycles. The lowest BCUT2D eigenvalue weighted by Crippen LogP contribution is -2.19. The second kappa shape index (κ2) is 9.29. The number of hydrogen-bond acceptors (Lipinski definition) is 3. The molecule has 2 N–H and O–H groups in total. The molecule has 0 aromatic heterocycles. The summed E-state index contributed by atoms with van der Waals surface area (Å²) in [4.78, 5) is 12.8. The lowest BCUT2D eigenvalue weighted by atomic mass is 9.86. The van der Waals surface area contributed by atoms with Gasteiger partial charge in [-0.3, -0.25) is 4.79 Å². The molecule has 1 atom stereocenters. The maximum absolute atomic E-state index is 13.2. The molecule has 1 aliphatic carbocycles. The van der Waals surface area contributed by atoms with Crippen LogP contribution in [0.4, 0.5) is 4.39 Å².